The highest BCUT2D eigenvalue weighted by molar-refractivity contribution is 6.02. The number of hydrogen-bond acceptors (Lipinski definition) is 5. The number of carbonyl (C=O) groups is 3. The maximum absolute atomic E-state index is 12.4. The van der Waals surface area contributed by atoms with Crippen LogP contribution in [-0.4, -0.2) is 31.9 Å². The van der Waals surface area contributed by atoms with Crippen LogP contribution in [0, 0.1) is 16.7 Å². The Bertz CT molecular complexity index is 545. The highest BCUT2D eigenvalue weighted by Crippen LogP contribution is 2.62. The zero-order valence-corrected chi connectivity index (χ0v) is 13.1. The van der Waals surface area contributed by atoms with E-state index in [0.717, 1.165) is 31.3 Å². The van der Waals surface area contributed by atoms with Gasteiger partial charge in [0, 0.05) is 11.8 Å². The van der Waals surface area contributed by atoms with E-state index >= 15 is 0 Å². The number of esters is 2. The summed E-state index contributed by atoms with van der Waals surface area (Å²) < 4.78 is 9.83. The van der Waals surface area contributed by atoms with Crippen LogP contribution in [0.1, 0.15) is 44.9 Å². The molecule has 22 heavy (non-hydrogen) atoms. The molecule has 1 spiro atoms. The van der Waals surface area contributed by atoms with E-state index in [9.17, 15) is 14.4 Å². The summed E-state index contributed by atoms with van der Waals surface area (Å²) in [6, 6.07) is 0. The first-order valence-electron chi connectivity index (χ1n) is 7.89. The van der Waals surface area contributed by atoms with Crippen LogP contribution in [0.15, 0.2) is 11.6 Å². The van der Waals surface area contributed by atoms with Crippen molar-refractivity contribution < 1.29 is 23.9 Å². The van der Waals surface area contributed by atoms with E-state index in [1.165, 1.54) is 14.2 Å². The summed E-state index contributed by atoms with van der Waals surface area (Å²) in [5.41, 5.74) is -0.448. The normalized spacial score (nSPS) is 32.5. The number of allylic oxidation sites excluding steroid dienone is 2. The van der Waals surface area contributed by atoms with Gasteiger partial charge in [-0.15, -0.1) is 0 Å². The summed E-state index contributed by atoms with van der Waals surface area (Å²) >= 11 is 0. The molecule has 3 rings (SSSR count). The third-order valence-corrected chi connectivity index (χ3v) is 5.91. The Labute approximate surface area is 130 Å². The van der Waals surface area contributed by atoms with Crippen molar-refractivity contribution in [3.63, 3.8) is 0 Å². The summed E-state index contributed by atoms with van der Waals surface area (Å²) in [6.45, 7) is 0. The second-order valence-corrected chi connectivity index (χ2v) is 6.86. The maximum atomic E-state index is 12.4. The SMILES string of the molecule is COC(=O)C1(C(=O)OC)CC2=CC(=O)CC23CCCCC3C1. The van der Waals surface area contributed by atoms with Gasteiger partial charge in [-0.25, -0.2) is 0 Å². The van der Waals surface area contributed by atoms with E-state index < -0.39 is 17.4 Å². The predicted octanol–water partition coefficient (Wildman–Crippen LogP) is 2.19. The molecule has 2 saturated carbocycles. The second-order valence-electron chi connectivity index (χ2n) is 6.86. The topological polar surface area (TPSA) is 69.7 Å². The Morgan fingerprint density at radius 3 is 2.45 bits per heavy atom. The molecule has 2 unspecified atom stereocenters. The number of methoxy groups -OCH3 is 2. The lowest BCUT2D eigenvalue weighted by Gasteiger charge is -2.51. The zero-order valence-electron chi connectivity index (χ0n) is 13.1. The third-order valence-electron chi connectivity index (χ3n) is 5.91. The predicted molar refractivity (Wildman–Crippen MR) is 77.8 cm³/mol. The fourth-order valence-electron chi connectivity index (χ4n) is 4.91. The molecule has 0 N–H and O–H groups in total. The van der Waals surface area contributed by atoms with Crippen molar-refractivity contribution in [3.8, 4) is 0 Å². The molecule has 0 aliphatic heterocycles. The maximum Gasteiger partial charge on any atom is 0.323 e. The molecule has 120 valence electrons. The minimum absolute atomic E-state index is 0.118. The minimum Gasteiger partial charge on any atom is -0.468 e. The van der Waals surface area contributed by atoms with E-state index in [1.807, 2.05) is 0 Å². The molecule has 0 aromatic heterocycles. The van der Waals surface area contributed by atoms with Gasteiger partial charge in [-0.1, -0.05) is 18.4 Å². The molecule has 3 aliphatic rings. The van der Waals surface area contributed by atoms with Crippen LogP contribution >= 0.6 is 0 Å². The largest absolute Gasteiger partial charge is 0.468 e. The minimum atomic E-state index is -1.29. The number of hydrogen-bond donors (Lipinski definition) is 0. The lowest BCUT2D eigenvalue weighted by Crippen LogP contribution is -2.51. The molecule has 0 aromatic carbocycles. The van der Waals surface area contributed by atoms with Gasteiger partial charge in [-0.05, 0) is 37.7 Å². The molecule has 0 amide bonds. The van der Waals surface area contributed by atoms with Crippen LogP contribution in [-0.2, 0) is 23.9 Å². The summed E-state index contributed by atoms with van der Waals surface area (Å²) in [6.07, 6.45) is 6.99. The van der Waals surface area contributed by atoms with Crippen LogP contribution in [0.3, 0.4) is 0 Å². The van der Waals surface area contributed by atoms with Crippen molar-refractivity contribution in [2.75, 3.05) is 14.2 Å². The van der Waals surface area contributed by atoms with E-state index in [4.69, 9.17) is 9.47 Å². The lowest BCUT2D eigenvalue weighted by atomic mass is 9.51. The fraction of sp³-hybridized carbons (Fsp3) is 0.706. The molecule has 0 bridgehead atoms. The van der Waals surface area contributed by atoms with Gasteiger partial charge in [0.1, 0.15) is 0 Å². The van der Waals surface area contributed by atoms with Gasteiger partial charge in [0.05, 0.1) is 14.2 Å². The van der Waals surface area contributed by atoms with Gasteiger partial charge >= 0.3 is 11.9 Å². The summed E-state index contributed by atoms with van der Waals surface area (Å²) in [7, 11) is 2.59. The molecule has 0 radical (unpaired) electrons. The van der Waals surface area contributed by atoms with Crippen molar-refractivity contribution in [2.45, 2.75) is 44.9 Å². The lowest BCUT2D eigenvalue weighted by molar-refractivity contribution is -0.174. The smallest absolute Gasteiger partial charge is 0.323 e. The Balaban J connectivity index is 2.06. The van der Waals surface area contributed by atoms with Gasteiger partial charge in [-0.2, -0.15) is 0 Å². The molecule has 2 fully saturated rings. The van der Waals surface area contributed by atoms with Crippen LogP contribution in [0.2, 0.25) is 0 Å². The number of rotatable bonds is 2. The molecule has 2 atom stereocenters. The number of ketones is 1. The summed E-state index contributed by atoms with van der Waals surface area (Å²) in [5, 5.41) is 0. The van der Waals surface area contributed by atoms with E-state index in [2.05, 4.69) is 0 Å². The third kappa shape index (κ3) is 1.94. The van der Waals surface area contributed by atoms with Gasteiger partial charge in [-0.3, -0.25) is 14.4 Å². The Hall–Kier alpha value is -1.65. The van der Waals surface area contributed by atoms with Crippen molar-refractivity contribution in [3.05, 3.63) is 11.6 Å². The molecule has 5 heteroatoms. The van der Waals surface area contributed by atoms with E-state index in [1.54, 1.807) is 6.08 Å². The van der Waals surface area contributed by atoms with Crippen LogP contribution in [0.5, 0.6) is 0 Å². The van der Waals surface area contributed by atoms with Crippen molar-refractivity contribution in [1.29, 1.82) is 0 Å². The Kier molecular flexibility index (Phi) is 3.62. The molecular weight excluding hydrogens is 284 g/mol. The molecule has 0 heterocycles. The first-order valence-corrected chi connectivity index (χ1v) is 7.89. The van der Waals surface area contributed by atoms with Crippen LogP contribution in [0.4, 0.5) is 0 Å². The quantitative estimate of drug-likeness (QED) is 0.578. The highest BCUT2D eigenvalue weighted by atomic mass is 16.5. The van der Waals surface area contributed by atoms with Crippen molar-refractivity contribution in [2.24, 2.45) is 16.7 Å². The first-order chi connectivity index (χ1) is 10.5. The van der Waals surface area contributed by atoms with Gasteiger partial charge < -0.3 is 9.47 Å². The standard InChI is InChI=1S/C17H22O5/c1-21-14(19)17(15(20)22-2)8-11-5-3-4-6-16(11)10-13(18)7-12(16)9-17/h7,11H,3-6,8-10H2,1-2H3. The van der Waals surface area contributed by atoms with E-state index in [-0.39, 0.29) is 23.5 Å². The van der Waals surface area contributed by atoms with Crippen molar-refractivity contribution in [1.82, 2.24) is 0 Å². The van der Waals surface area contributed by atoms with E-state index in [0.29, 0.717) is 12.8 Å². The Morgan fingerprint density at radius 2 is 1.82 bits per heavy atom. The molecule has 3 aliphatic carbocycles. The number of carbonyl (C=O) groups excluding carboxylic acids is 3. The van der Waals surface area contributed by atoms with Gasteiger partial charge in [0.15, 0.2) is 11.2 Å². The molecule has 0 saturated heterocycles. The van der Waals surface area contributed by atoms with Gasteiger partial charge in [0.25, 0.3) is 0 Å². The average Bonchev–Trinajstić information content (AvgIpc) is 2.85. The van der Waals surface area contributed by atoms with Crippen LogP contribution < -0.4 is 0 Å². The summed E-state index contributed by atoms with van der Waals surface area (Å²) in [5.74, 6) is -0.795. The average molecular weight is 306 g/mol. The first kappa shape index (κ1) is 15.3. The molecular formula is C17H22O5. The Morgan fingerprint density at radius 1 is 1.14 bits per heavy atom. The van der Waals surface area contributed by atoms with Crippen LogP contribution in [0.25, 0.3) is 0 Å². The van der Waals surface area contributed by atoms with Crippen molar-refractivity contribution >= 4 is 17.7 Å². The second kappa shape index (κ2) is 5.21. The number of ether oxygens (including phenoxy) is 2. The highest BCUT2D eigenvalue weighted by Gasteiger charge is 2.61. The monoisotopic (exact) mass is 306 g/mol. The fourth-order valence-corrected chi connectivity index (χ4v) is 4.91. The van der Waals surface area contributed by atoms with Gasteiger partial charge in [0.2, 0.25) is 0 Å². The zero-order chi connectivity index (χ0) is 16.0. The molecule has 5 nitrogen and oxygen atoms in total. The molecule has 0 aromatic rings. The summed E-state index contributed by atoms with van der Waals surface area (Å²) in [4.78, 5) is 36.8.